The van der Waals surface area contributed by atoms with Crippen LogP contribution in [-0.2, 0) is 0 Å². The predicted octanol–water partition coefficient (Wildman–Crippen LogP) is 4.39. The van der Waals surface area contributed by atoms with Crippen molar-refractivity contribution < 1.29 is 9.18 Å². The molecule has 0 heterocycles. The second kappa shape index (κ2) is 6.18. The Morgan fingerprint density at radius 3 is 2.65 bits per heavy atom. The van der Waals surface area contributed by atoms with E-state index in [1.807, 2.05) is 38.1 Å². The molecule has 0 saturated carbocycles. The van der Waals surface area contributed by atoms with Crippen LogP contribution in [0.2, 0.25) is 0 Å². The first-order valence-corrected chi connectivity index (χ1v) is 7.10. The first kappa shape index (κ1) is 14.7. The van der Waals surface area contributed by atoms with Gasteiger partial charge in [-0.2, -0.15) is 0 Å². The molecule has 1 amide bonds. The maximum Gasteiger partial charge on any atom is 0.254 e. The van der Waals surface area contributed by atoms with Gasteiger partial charge in [0.15, 0.2) is 0 Å². The number of benzene rings is 2. The van der Waals surface area contributed by atoms with Gasteiger partial charge in [0.2, 0.25) is 0 Å². The summed E-state index contributed by atoms with van der Waals surface area (Å²) < 4.78 is 14.6. The Kier molecular flexibility index (Phi) is 4.55. The van der Waals surface area contributed by atoms with Crippen molar-refractivity contribution in [3.05, 3.63) is 69.4 Å². The Morgan fingerprint density at radius 2 is 1.95 bits per heavy atom. The molecule has 0 saturated heterocycles. The highest BCUT2D eigenvalue weighted by atomic mass is 79.9. The lowest BCUT2D eigenvalue weighted by atomic mass is 10.1. The molecule has 20 heavy (non-hydrogen) atoms. The van der Waals surface area contributed by atoms with Crippen LogP contribution in [-0.4, -0.2) is 5.91 Å². The van der Waals surface area contributed by atoms with Crippen LogP contribution in [0.1, 0.15) is 34.5 Å². The number of hydrogen-bond acceptors (Lipinski definition) is 1. The van der Waals surface area contributed by atoms with Crippen molar-refractivity contribution in [2.24, 2.45) is 0 Å². The molecule has 0 aliphatic rings. The highest BCUT2D eigenvalue weighted by Crippen LogP contribution is 2.23. The van der Waals surface area contributed by atoms with Crippen LogP contribution in [0.25, 0.3) is 0 Å². The lowest BCUT2D eigenvalue weighted by molar-refractivity contribution is 0.0935. The zero-order chi connectivity index (χ0) is 14.7. The standard InChI is InChI=1S/C16H15BrFNO/c1-10-7-8-15(18)13(9-10)16(20)19-11(2)12-5-3-4-6-14(12)17/h3-9,11H,1-2H3,(H,19,20). The Bertz CT molecular complexity index is 642. The summed E-state index contributed by atoms with van der Waals surface area (Å²) in [5.41, 5.74) is 1.88. The second-order valence-electron chi connectivity index (χ2n) is 4.70. The summed E-state index contributed by atoms with van der Waals surface area (Å²) in [5, 5.41) is 2.81. The Morgan fingerprint density at radius 1 is 1.25 bits per heavy atom. The fourth-order valence-corrected chi connectivity index (χ4v) is 2.62. The molecule has 0 bridgehead atoms. The molecule has 2 rings (SSSR count). The third-order valence-corrected chi connectivity index (χ3v) is 3.81. The van der Waals surface area contributed by atoms with Gasteiger partial charge < -0.3 is 5.32 Å². The van der Waals surface area contributed by atoms with Gasteiger partial charge in [-0.05, 0) is 37.6 Å². The number of halogens is 2. The second-order valence-corrected chi connectivity index (χ2v) is 5.55. The quantitative estimate of drug-likeness (QED) is 0.885. The predicted molar refractivity (Wildman–Crippen MR) is 81.2 cm³/mol. The Hall–Kier alpha value is -1.68. The van der Waals surface area contributed by atoms with Gasteiger partial charge in [-0.3, -0.25) is 4.79 Å². The third-order valence-electron chi connectivity index (χ3n) is 3.09. The summed E-state index contributed by atoms with van der Waals surface area (Å²) in [5.74, 6) is -0.915. The van der Waals surface area contributed by atoms with Crippen LogP contribution in [0.15, 0.2) is 46.9 Å². The van der Waals surface area contributed by atoms with E-state index in [2.05, 4.69) is 21.2 Å². The average molecular weight is 336 g/mol. The first-order chi connectivity index (χ1) is 9.49. The fraction of sp³-hybridized carbons (Fsp3) is 0.188. The maximum atomic E-state index is 13.7. The van der Waals surface area contributed by atoms with E-state index in [0.29, 0.717) is 0 Å². The minimum absolute atomic E-state index is 0.0731. The number of aryl methyl sites for hydroxylation is 1. The van der Waals surface area contributed by atoms with Crippen molar-refractivity contribution >= 4 is 21.8 Å². The number of carbonyl (C=O) groups excluding carboxylic acids is 1. The van der Waals surface area contributed by atoms with E-state index < -0.39 is 11.7 Å². The van der Waals surface area contributed by atoms with Crippen molar-refractivity contribution in [2.45, 2.75) is 19.9 Å². The number of rotatable bonds is 3. The zero-order valence-electron chi connectivity index (χ0n) is 11.3. The van der Waals surface area contributed by atoms with Crippen molar-refractivity contribution in [3.8, 4) is 0 Å². The molecule has 0 spiro atoms. The molecule has 0 aromatic heterocycles. The van der Waals surface area contributed by atoms with Crippen LogP contribution in [0.5, 0.6) is 0 Å². The van der Waals surface area contributed by atoms with Gasteiger partial charge in [-0.25, -0.2) is 4.39 Å². The molecule has 0 radical (unpaired) electrons. The van der Waals surface area contributed by atoms with Gasteiger partial charge in [0.05, 0.1) is 11.6 Å². The lowest BCUT2D eigenvalue weighted by Crippen LogP contribution is -2.27. The van der Waals surface area contributed by atoms with E-state index >= 15 is 0 Å². The van der Waals surface area contributed by atoms with E-state index in [1.54, 1.807) is 12.1 Å². The van der Waals surface area contributed by atoms with Crippen LogP contribution in [0, 0.1) is 12.7 Å². The maximum absolute atomic E-state index is 13.7. The summed E-state index contributed by atoms with van der Waals surface area (Å²) in [6.45, 7) is 3.69. The molecule has 1 unspecified atom stereocenters. The molecule has 1 atom stereocenters. The van der Waals surface area contributed by atoms with Crippen LogP contribution in [0.3, 0.4) is 0 Å². The molecule has 104 valence electrons. The lowest BCUT2D eigenvalue weighted by Gasteiger charge is -2.16. The summed E-state index contributed by atoms with van der Waals surface area (Å²) in [6, 6.07) is 11.9. The number of carbonyl (C=O) groups is 1. The van der Waals surface area contributed by atoms with Gasteiger partial charge >= 0.3 is 0 Å². The monoisotopic (exact) mass is 335 g/mol. The summed E-state index contributed by atoms with van der Waals surface area (Å²) >= 11 is 3.44. The van der Waals surface area contributed by atoms with Gasteiger partial charge in [0, 0.05) is 4.47 Å². The van der Waals surface area contributed by atoms with Crippen LogP contribution >= 0.6 is 15.9 Å². The highest BCUT2D eigenvalue weighted by molar-refractivity contribution is 9.10. The van der Waals surface area contributed by atoms with E-state index in [4.69, 9.17) is 0 Å². The average Bonchev–Trinajstić information content (AvgIpc) is 2.41. The SMILES string of the molecule is Cc1ccc(F)c(C(=O)NC(C)c2ccccc2Br)c1. The van der Waals surface area contributed by atoms with Crippen molar-refractivity contribution in [3.63, 3.8) is 0 Å². The van der Waals surface area contributed by atoms with E-state index in [1.165, 1.54) is 6.07 Å². The first-order valence-electron chi connectivity index (χ1n) is 6.30. The topological polar surface area (TPSA) is 29.1 Å². The van der Waals surface area contributed by atoms with Gasteiger partial charge in [-0.1, -0.05) is 45.8 Å². The minimum Gasteiger partial charge on any atom is -0.345 e. The highest BCUT2D eigenvalue weighted by Gasteiger charge is 2.16. The zero-order valence-corrected chi connectivity index (χ0v) is 12.9. The third kappa shape index (κ3) is 3.25. The Labute approximate surface area is 126 Å². The molecule has 0 fully saturated rings. The van der Waals surface area contributed by atoms with E-state index in [9.17, 15) is 9.18 Å². The van der Waals surface area contributed by atoms with E-state index in [-0.39, 0.29) is 11.6 Å². The minimum atomic E-state index is -0.507. The number of nitrogens with one attached hydrogen (secondary N) is 1. The van der Waals surface area contributed by atoms with Crippen molar-refractivity contribution in [1.29, 1.82) is 0 Å². The summed E-state index contributed by atoms with van der Waals surface area (Å²) in [6.07, 6.45) is 0. The molecule has 4 heteroatoms. The van der Waals surface area contributed by atoms with E-state index in [0.717, 1.165) is 15.6 Å². The molecule has 2 aromatic rings. The molecule has 0 aliphatic heterocycles. The Balaban J connectivity index is 2.20. The summed E-state index contributed by atoms with van der Waals surface area (Å²) in [7, 11) is 0. The molecule has 2 nitrogen and oxygen atoms in total. The van der Waals surface area contributed by atoms with Gasteiger partial charge in [-0.15, -0.1) is 0 Å². The fourth-order valence-electron chi connectivity index (χ4n) is 1.99. The molecule has 1 N–H and O–H groups in total. The normalized spacial score (nSPS) is 12.0. The molecule has 0 aliphatic carbocycles. The van der Waals surface area contributed by atoms with Crippen LogP contribution < -0.4 is 5.32 Å². The van der Waals surface area contributed by atoms with Gasteiger partial charge in [0.1, 0.15) is 5.82 Å². The largest absolute Gasteiger partial charge is 0.345 e. The molecule has 2 aromatic carbocycles. The summed E-state index contributed by atoms with van der Waals surface area (Å²) in [4.78, 5) is 12.1. The van der Waals surface area contributed by atoms with Crippen LogP contribution in [0.4, 0.5) is 4.39 Å². The van der Waals surface area contributed by atoms with Crippen molar-refractivity contribution in [2.75, 3.05) is 0 Å². The number of hydrogen-bond donors (Lipinski definition) is 1. The molecular weight excluding hydrogens is 321 g/mol. The van der Waals surface area contributed by atoms with Gasteiger partial charge in [0.25, 0.3) is 5.91 Å². The smallest absolute Gasteiger partial charge is 0.254 e. The molecular formula is C16H15BrFNO. The van der Waals surface area contributed by atoms with Crippen molar-refractivity contribution in [1.82, 2.24) is 5.32 Å². The number of amides is 1.